The minimum atomic E-state index is -0.893. The monoisotopic (exact) mass is 672 g/mol. The Morgan fingerprint density at radius 2 is 0.850 bits per heavy atom. The van der Waals surface area contributed by atoms with Crippen molar-refractivity contribution < 1.29 is 40.2 Å². The Morgan fingerprint density at radius 3 is 1.05 bits per heavy atom. The first-order chi connectivity index (χ1) is 18.9. The van der Waals surface area contributed by atoms with Gasteiger partial charge in [-0.3, -0.25) is 0 Å². The van der Waals surface area contributed by atoms with E-state index in [-0.39, 0.29) is 32.3 Å². The second kappa shape index (κ2) is 25.5. The molecule has 4 nitrogen and oxygen atoms in total. The van der Waals surface area contributed by atoms with Crippen molar-refractivity contribution in [3.63, 3.8) is 0 Å². The number of unbranched alkanes of at least 4 members (excludes halogenated alkanes) is 2. The summed E-state index contributed by atoms with van der Waals surface area (Å²) < 4.78 is 0. The third kappa shape index (κ3) is 16.6. The summed E-state index contributed by atoms with van der Waals surface area (Å²) in [6.45, 7) is 7.89. The molecule has 0 spiro atoms. The van der Waals surface area contributed by atoms with E-state index in [0.29, 0.717) is 20.8 Å². The predicted molar refractivity (Wildman–Crippen MR) is 164 cm³/mol. The molecule has 3 saturated carbocycles. The topological polar surface area (TPSA) is 80.3 Å². The summed E-state index contributed by atoms with van der Waals surface area (Å²) in [7, 11) is 0.385. The van der Waals surface area contributed by atoms with Gasteiger partial charge < -0.3 is 19.8 Å². The maximum atomic E-state index is 10.3. The summed E-state index contributed by atoms with van der Waals surface area (Å²) in [5, 5.41) is 20.7. The molecule has 2 atom stereocenters. The number of carbonyl (C=O) groups is 2. The van der Waals surface area contributed by atoms with E-state index < -0.39 is 11.9 Å². The average molecular weight is 673 g/mol. The van der Waals surface area contributed by atoms with Gasteiger partial charge in [0.2, 0.25) is 0 Å². The van der Waals surface area contributed by atoms with Crippen LogP contribution < -0.4 is 10.2 Å². The Hall–Kier alpha value is 0.0323. The number of carboxylic acids is 2. The van der Waals surface area contributed by atoms with Gasteiger partial charge >= 0.3 is 20.4 Å². The van der Waals surface area contributed by atoms with Crippen LogP contribution in [0.4, 0.5) is 0 Å². The molecule has 3 fully saturated rings. The van der Waals surface area contributed by atoms with Gasteiger partial charge in [-0.25, -0.2) is 0 Å². The fraction of sp³-hybridized carbons (Fsp3) is 0.941. The van der Waals surface area contributed by atoms with E-state index in [1.54, 1.807) is 77.0 Å². The average Bonchev–Trinajstić information content (AvgIpc) is 2.96. The smallest absolute Gasteiger partial charge is 0.550 e. The van der Waals surface area contributed by atoms with Crippen molar-refractivity contribution in [2.75, 3.05) is 0 Å². The molecule has 0 radical (unpaired) electrons. The van der Waals surface area contributed by atoms with E-state index in [1.807, 2.05) is 13.8 Å². The molecule has 0 bridgehead atoms. The second-order valence-corrected chi connectivity index (χ2v) is 15.5. The van der Waals surface area contributed by atoms with Crippen molar-refractivity contribution in [2.24, 2.45) is 11.8 Å². The van der Waals surface area contributed by atoms with Crippen LogP contribution in [0.1, 0.15) is 175 Å². The Kier molecular flexibility index (Phi) is 25.5. The van der Waals surface area contributed by atoms with Gasteiger partial charge in [0.25, 0.3) is 0 Å². The standard InChI is InChI=1S/C18H33P.2C8H16O2.Pd/c1-4-10-16(11-5-1)19(17-12-6-2-7-13-17)18-14-8-3-9-15-18;2*1-3-5-6-7(4-2)8(9)10;/h16-18H,1-15H2;2*7H,3-6H2,1-2H3,(H,9,10);/q;;;+2/p-2. The number of aliphatic carboxylic acids is 2. The van der Waals surface area contributed by atoms with Crippen molar-refractivity contribution in [3.05, 3.63) is 0 Å². The molecular weight excluding hydrogens is 610 g/mol. The number of carbonyl (C=O) groups excluding carboxylic acids is 2. The molecule has 238 valence electrons. The normalized spacial score (nSPS) is 20.2. The van der Waals surface area contributed by atoms with Crippen LogP contribution >= 0.6 is 7.92 Å². The zero-order chi connectivity index (χ0) is 28.9. The number of hydrogen-bond donors (Lipinski definition) is 0. The molecule has 3 aliphatic carbocycles. The fourth-order valence-electron chi connectivity index (χ4n) is 6.91. The molecule has 0 saturated heterocycles. The van der Waals surface area contributed by atoms with Crippen LogP contribution in [0.3, 0.4) is 0 Å². The van der Waals surface area contributed by atoms with Crippen LogP contribution in [0.5, 0.6) is 0 Å². The molecule has 40 heavy (non-hydrogen) atoms. The van der Waals surface area contributed by atoms with E-state index in [1.165, 1.54) is 36.2 Å². The molecule has 0 aromatic heterocycles. The van der Waals surface area contributed by atoms with E-state index in [0.717, 1.165) is 38.5 Å². The molecule has 0 aromatic carbocycles. The third-order valence-electron chi connectivity index (χ3n) is 9.45. The van der Waals surface area contributed by atoms with Gasteiger partial charge in [-0.05, 0) is 93.0 Å². The van der Waals surface area contributed by atoms with E-state index in [9.17, 15) is 19.8 Å². The molecule has 6 heteroatoms. The largest absolute Gasteiger partial charge is 2.00 e. The molecule has 0 heterocycles. The van der Waals surface area contributed by atoms with E-state index in [4.69, 9.17) is 0 Å². The minimum Gasteiger partial charge on any atom is -0.550 e. The van der Waals surface area contributed by atoms with Crippen LogP contribution in [0.25, 0.3) is 0 Å². The van der Waals surface area contributed by atoms with Gasteiger partial charge in [-0.15, -0.1) is 0 Å². The Balaban J connectivity index is 0.000000624. The Morgan fingerprint density at radius 1 is 0.575 bits per heavy atom. The van der Waals surface area contributed by atoms with Gasteiger partial charge in [-0.1, -0.05) is 119 Å². The number of carboxylic acid groups (broad SMARTS) is 2. The molecule has 3 rings (SSSR count). The van der Waals surface area contributed by atoms with Gasteiger partial charge in [0.1, 0.15) is 0 Å². The molecule has 0 N–H and O–H groups in total. The number of hydrogen-bond acceptors (Lipinski definition) is 4. The SMILES string of the molecule is C1CCC(P(C2CCCCC2)C2CCCCC2)CC1.CCCCC(CC)C(=O)[O-].CCCCC(CC)C(=O)[O-].[Pd+2]. The van der Waals surface area contributed by atoms with Gasteiger partial charge in [0.15, 0.2) is 0 Å². The maximum absolute atomic E-state index is 10.3. The van der Waals surface area contributed by atoms with Crippen molar-refractivity contribution in [2.45, 2.75) is 192 Å². The van der Waals surface area contributed by atoms with Crippen molar-refractivity contribution in [1.29, 1.82) is 0 Å². The minimum absolute atomic E-state index is 0. The predicted octanol–water partition coefficient (Wildman–Crippen LogP) is 8.37. The van der Waals surface area contributed by atoms with Gasteiger partial charge in [-0.2, -0.15) is 0 Å². The zero-order valence-corrected chi connectivity index (χ0v) is 29.0. The van der Waals surface area contributed by atoms with Crippen LogP contribution in [-0.4, -0.2) is 28.9 Å². The van der Waals surface area contributed by atoms with Gasteiger partial charge in [0, 0.05) is 11.9 Å². The summed E-state index contributed by atoms with van der Waals surface area (Å²) in [6, 6.07) is 0. The molecule has 0 aromatic rings. The summed E-state index contributed by atoms with van der Waals surface area (Å²) >= 11 is 0. The Labute approximate surface area is 263 Å². The molecule has 2 unspecified atom stereocenters. The van der Waals surface area contributed by atoms with Crippen LogP contribution in [0, 0.1) is 11.8 Å². The summed E-state index contributed by atoms with van der Waals surface area (Å²) in [5.74, 6) is -2.23. The third-order valence-corrected chi connectivity index (χ3v) is 13.5. The first-order valence-electron chi connectivity index (χ1n) is 17.1. The van der Waals surface area contributed by atoms with Crippen LogP contribution in [-0.2, 0) is 30.0 Å². The zero-order valence-electron chi connectivity index (χ0n) is 26.5. The molecular formula is C34H63O4PPd. The van der Waals surface area contributed by atoms with Crippen molar-refractivity contribution in [3.8, 4) is 0 Å². The quantitative estimate of drug-likeness (QED) is 0.145. The molecule has 0 amide bonds. The first-order valence-corrected chi connectivity index (χ1v) is 18.6. The maximum Gasteiger partial charge on any atom is 2.00 e. The second-order valence-electron chi connectivity index (χ2n) is 12.5. The summed E-state index contributed by atoms with van der Waals surface area (Å²) in [5.41, 5.74) is 3.57. The van der Waals surface area contributed by atoms with Crippen LogP contribution in [0.15, 0.2) is 0 Å². The van der Waals surface area contributed by atoms with Crippen LogP contribution in [0.2, 0.25) is 0 Å². The number of rotatable bonds is 13. The summed E-state index contributed by atoms with van der Waals surface area (Å²) in [4.78, 5) is 20.7. The summed E-state index contributed by atoms with van der Waals surface area (Å²) in [6.07, 6.45) is 30.7. The molecule has 0 aliphatic heterocycles. The first kappa shape index (κ1) is 40.0. The Bertz CT molecular complexity index is 544. The molecule has 3 aliphatic rings. The van der Waals surface area contributed by atoms with E-state index >= 15 is 0 Å². The van der Waals surface area contributed by atoms with Gasteiger partial charge in [0.05, 0.1) is 0 Å². The van der Waals surface area contributed by atoms with E-state index in [2.05, 4.69) is 13.8 Å². The van der Waals surface area contributed by atoms with Crippen molar-refractivity contribution in [1.82, 2.24) is 0 Å². The fourth-order valence-corrected chi connectivity index (χ4v) is 11.6. The van der Waals surface area contributed by atoms with Crippen molar-refractivity contribution >= 4 is 19.9 Å².